The fourth-order valence-corrected chi connectivity index (χ4v) is 2.90. The molecule has 8 heteroatoms. The van der Waals surface area contributed by atoms with Crippen LogP contribution in [0.25, 0.3) is 0 Å². The predicted molar refractivity (Wildman–Crippen MR) is 75.6 cm³/mol. The quantitative estimate of drug-likeness (QED) is 0.860. The number of hydrogen-bond donors (Lipinski definition) is 2. The maximum absolute atomic E-state index is 13.5. The molecule has 0 saturated carbocycles. The summed E-state index contributed by atoms with van der Waals surface area (Å²) >= 11 is 3.07. The summed E-state index contributed by atoms with van der Waals surface area (Å²) in [5.74, 6) is -0.143. The summed E-state index contributed by atoms with van der Waals surface area (Å²) in [5, 5.41) is 13.1. The first-order chi connectivity index (χ1) is 9.84. The molecule has 2 N–H and O–H groups in total. The highest BCUT2D eigenvalue weighted by molar-refractivity contribution is 9.10. The van der Waals surface area contributed by atoms with Gasteiger partial charge in [0.05, 0.1) is 11.6 Å². The summed E-state index contributed by atoms with van der Waals surface area (Å²) in [6.45, 7) is 1.49. The molecule has 1 atom stereocenters. The van der Waals surface area contributed by atoms with E-state index in [0.29, 0.717) is 13.1 Å². The van der Waals surface area contributed by atoms with Crippen molar-refractivity contribution in [3.63, 3.8) is 0 Å². The molecule has 0 unspecified atom stereocenters. The normalized spacial score (nSPS) is 18.5. The minimum atomic E-state index is -4.49. The average Bonchev–Trinajstić information content (AvgIpc) is 2.43. The zero-order valence-electron chi connectivity index (χ0n) is 11.4. The Morgan fingerprint density at radius 3 is 2.48 bits per heavy atom. The molecule has 0 spiro atoms. The van der Waals surface area contributed by atoms with Crippen molar-refractivity contribution < 1.29 is 23.0 Å². The van der Waals surface area contributed by atoms with E-state index in [0.717, 1.165) is 0 Å². The molecular weight excluding hydrogens is 353 g/mol. The third kappa shape index (κ3) is 3.61. The van der Waals surface area contributed by atoms with E-state index in [1.807, 2.05) is 0 Å². The first-order valence-corrected chi connectivity index (χ1v) is 7.21. The number of phenols is 1. The van der Waals surface area contributed by atoms with Crippen LogP contribution < -0.4 is 10.1 Å². The van der Waals surface area contributed by atoms with Crippen molar-refractivity contribution in [1.29, 1.82) is 0 Å². The number of ether oxygens (including phenoxy) is 1. The molecular formula is C13H16BrF3N2O2. The molecule has 2 rings (SSSR count). The van der Waals surface area contributed by atoms with Crippen LogP contribution in [0.2, 0.25) is 0 Å². The van der Waals surface area contributed by atoms with E-state index in [1.165, 1.54) is 24.1 Å². The predicted octanol–water partition coefficient (Wildman–Crippen LogP) is 2.67. The molecule has 118 valence electrons. The zero-order chi connectivity index (χ0) is 15.6. The van der Waals surface area contributed by atoms with Crippen LogP contribution in [0.3, 0.4) is 0 Å². The minimum absolute atomic E-state index is 0.182. The molecule has 1 fully saturated rings. The summed E-state index contributed by atoms with van der Waals surface area (Å²) in [7, 11) is 1.37. The Labute approximate surface area is 129 Å². The van der Waals surface area contributed by atoms with Gasteiger partial charge in [-0.05, 0) is 28.1 Å². The van der Waals surface area contributed by atoms with Gasteiger partial charge in [0.25, 0.3) is 0 Å². The molecule has 0 aromatic heterocycles. The van der Waals surface area contributed by atoms with Gasteiger partial charge in [-0.25, -0.2) is 0 Å². The molecule has 1 aliphatic heterocycles. The van der Waals surface area contributed by atoms with Crippen molar-refractivity contribution in [3.8, 4) is 11.5 Å². The largest absolute Gasteiger partial charge is 0.506 e. The highest BCUT2D eigenvalue weighted by atomic mass is 79.9. The zero-order valence-corrected chi connectivity index (χ0v) is 13.0. The number of hydrogen-bond acceptors (Lipinski definition) is 4. The second kappa shape index (κ2) is 6.41. The molecule has 21 heavy (non-hydrogen) atoms. The van der Waals surface area contributed by atoms with Gasteiger partial charge < -0.3 is 15.2 Å². The second-order valence-electron chi connectivity index (χ2n) is 4.78. The van der Waals surface area contributed by atoms with Gasteiger partial charge in [0, 0.05) is 31.7 Å². The highest BCUT2D eigenvalue weighted by Crippen LogP contribution is 2.45. The number of piperazine rings is 1. The van der Waals surface area contributed by atoms with Crippen LogP contribution in [-0.2, 0) is 0 Å². The Morgan fingerprint density at radius 1 is 1.33 bits per heavy atom. The smallest absolute Gasteiger partial charge is 0.408 e. The average molecular weight is 369 g/mol. The van der Waals surface area contributed by atoms with E-state index >= 15 is 0 Å². The topological polar surface area (TPSA) is 44.7 Å². The van der Waals surface area contributed by atoms with Crippen LogP contribution in [0.1, 0.15) is 11.6 Å². The third-order valence-corrected chi connectivity index (χ3v) is 4.03. The number of methoxy groups -OCH3 is 1. The van der Waals surface area contributed by atoms with Crippen molar-refractivity contribution in [2.24, 2.45) is 0 Å². The van der Waals surface area contributed by atoms with E-state index in [2.05, 4.69) is 21.2 Å². The highest BCUT2D eigenvalue weighted by Gasteiger charge is 2.46. The molecule has 0 bridgehead atoms. The van der Waals surface area contributed by atoms with Gasteiger partial charge in [-0.1, -0.05) is 0 Å². The minimum Gasteiger partial charge on any atom is -0.506 e. The molecule has 4 nitrogen and oxygen atoms in total. The van der Waals surface area contributed by atoms with Crippen LogP contribution in [-0.4, -0.2) is 49.5 Å². The molecule has 1 heterocycles. The van der Waals surface area contributed by atoms with E-state index in [1.54, 1.807) is 0 Å². The first kappa shape index (κ1) is 16.4. The van der Waals surface area contributed by atoms with Crippen molar-refractivity contribution in [1.82, 2.24) is 10.2 Å². The monoisotopic (exact) mass is 368 g/mol. The van der Waals surface area contributed by atoms with Crippen LogP contribution in [0.5, 0.6) is 11.5 Å². The molecule has 1 saturated heterocycles. The number of nitrogens with zero attached hydrogens (tertiary/aromatic N) is 1. The maximum Gasteiger partial charge on any atom is 0.408 e. The van der Waals surface area contributed by atoms with Gasteiger partial charge in [-0.15, -0.1) is 0 Å². The molecule has 0 radical (unpaired) electrons. The first-order valence-electron chi connectivity index (χ1n) is 6.42. The summed E-state index contributed by atoms with van der Waals surface area (Å²) in [6.07, 6.45) is -4.49. The summed E-state index contributed by atoms with van der Waals surface area (Å²) < 4.78 is 45.7. The van der Waals surface area contributed by atoms with E-state index < -0.39 is 18.0 Å². The lowest BCUT2D eigenvalue weighted by molar-refractivity contribution is -0.188. The van der Waals surface area contributed by atoms with Gasteiger partial charge in [-0.2, -0.15) is 13.2 Å². The summed E-state index contributed by atoms with van der Waals surface area (Å²) in [4.78, 5) is 1.32. The molecule has 1 aliphatic rings. The fraction of sp³-hybridized carbons (Fsp3) is 0.538. The van der Waals surface area contributed by atoms with E-state index in [4.69, 9.17) is 4.74 Å². The van der Waals surface area contributed by atoms with Crippen molar-refractivity contribution in [2.75, 3.05) is 33.3 Å². The Balaban J connectivity index is 2.48. The van der Waals surface area contributed by atoms with E-state index in [-0.39, 0.29) is 28.9 Å². The van der Waals surface area contributed by atoms with Gasteiger partial charge in [-0.3, -0.25) is 4.90 Å². The maximum atomic E-state index is 13.5. The molecule has 0 aliphatic carbocycles. The number of aromatic hydroxyl groups is 1. The Bertz CT molecular complexity index is 505. The SMILES string of the molecule is COc1cc(Br)c(O)c([C@@H](N2CCNCC2)C(F)(F)F)c1. The van der Waals surface area contributed by atoms with Crippen LogP contribution >= 0.6 is 15.9 Å². The van der Waals surface area contributed by atoms with Crippen molar-refractivity contribution in [3.05, 3.63) is 22.2 Å². The fourth-order valence-electron chi connectivity index (χ4n) is 2.44. The van der Waals surface area contributed by atoms with Crippen LogP contribution in [0.15, 0.2) is 16.6 Å². The third-order valence-electron chi connectivity index (χ3n) is 3.42. The van der Waals surface area contributed by atoms with Crippen LogP contribution in [0.4, 0.5) is 13.2 Å². The summed E-state index contributed by atoms with van der Waals surface area (Å²) in [5.41, 5.74) is -0.198. The molecule has 1 aromatic carbocycles. The summed E-state index contributed by atoms with van der Waals surface area (Å²) in [6, 6.07) is 0.815. The lowest BCUT2D eigenvalue weighted by Crippen LogP contribution is -2.49. The van der Waals surface area contributed by atoms with Crippen molar-refractivity contribution in [2.45, 2.75) is 12.2 Å². The number of nitrogens with one attached hydrogen (secondary N) is 1. The Morgan fingerprint density at radius 2 is 1.95 bits per heavy atom. The van der Waals surface area contributed by atoms with Gasteiger partial charge in [0.1, 0.15) is 17.5 Å². The Hall–Kier alpha value is -0.990. The Kier molecular flexibility index (Phi) is 5.00. The number of halogens is 4. The lowest BCUT2D eigenvalue weighted by Gasteiger charge is -2.36. The van der Waals surface area contributed by atoms with Gasteiger partial charge in [0.15, 0.2) is 0 Å². The van der Waals surface area contributed by atoms with Gasteiger partial charge in [0.2, 0.25) is 0 Å². The number of alkyl halides is 3. The molecule has 1 aromatic rings. The van der Waals surface area contributed by atoms with Gasteiger partial charge >= 0.3 is 6.18 Å². The number of benzene rings is 1. The standard InChI is InChI=1S/C13H16BrF3N2O2/c1-21-8-6-9(11(20)10(14)7-8)12(13(15,16)17)19-4-2-18-3-5-19/h6-7,12,18,20H,2-5H2,1H3/t12-/m1/s1. The van der Waals surface area contributed by atoms with Crippen LogP contribution in [0, 0.1) is 0 Å². The molecule has 0 amide bonds. The number of phenolic OH excluding ortho intramolecular Hbond substituents is 1. The van der Waals surface area contributed by atoms with E-state index in [9.17, 15) is 18.3 Å². The number of rotatable bonds is 3. The lowest BCUT2D eigenvalue weighted by atomic mass is 10.0. The second-order valence-corrected chi connectivity index (χ2v) is 5.63. The van der Waals surface area contributed by atoms with Crippen molar-refractivity contribution >= 4 is 15.9 Å².